The molecule has 0 fully saturated rings. The lowest BCUT2D eigenvalue weighted by Gasteiger charge is -2.09. The number of hydrogen-bond donors (Lipinski definition) is 1. The molecule has 3 nitrogen and oxygen atoms in total. The van der Waals surface area contributed by atoms with Crippen molar-refractivity contribution in [2.45, 2.75) is 13.5 Å². The number of ether oxygens (including phenoxy) is 1. The highest BCUT2D eigenvalue weighted by molar-refractivity contribution is 5.82. The average molecular weight is 265 g/mol. The molecule has 0 aliphatic heterocycles. The fraction of sp³-hybridized carbons (Fsp3) is 0.118. The predicted molar refractivity (Wildman–Crippen MR) is 78.9 cm³/mol. The number of fused-ring (bicyclic) bond motifs is 1. The first-order valence-corrected chi connectivity index (χ1v) is 6.50. The number of aliphatic hydroxyl groups is 1. The number of benzene rings is 2. The number of aromatic nitrogens is 1. The van der Waals surface area contributed by atoms with Crippen LogP contribution in [0.25, 0.3) is 10.9 Å². The Kier molecular flexibility index (Phi) is 3.35. The van der Waals surface area contributed by atoms with Crippen LogP contribution in [0.2, 0.25) is 0 Å². The van der Waals surface area contributed by atoms with E-state index in [4.69, 9.17) is 4.74 Å². The lowest BCUT2D eigenvalue weighted by molar-refractivity contribution is 0.282. The van der Waals surface area contributed by atoms with Gasteiger partial charge in [-0.15, -0.1) is 0 Å². The third-order valence-corrected chi connectivity index (χ3v) is 3.16. The van der Waals surface area contributed by atoms with E-state index >= 15 is 0 Å². The van der Waals surface area contributed by atoms with Crippen molar-refractivity contribution in [2.24, 2.45) is 0 Å². The van der Waals surface area contributed by atoms with Gasteiger partial charge in [-0.2, -0.15) is 0 Å². The van der Waals surface area contributed by atoms with Gasteiger partial charge in [-0.05, 0) is 36.2 Å². The van der Waals surface area contributed by atoms with Crippen LogP contribution in [0.1, 0.15) is 11.1 Å². The van der Waals surface area contributed by atoms with Crippen LogP contribution in [0, 0.1) is 6.92 Å². The topological polar surface area (TPSA) is 42.4 Å². The van der Waals surface area contributed by atoms with Gasteiger partial charge in [0.15, 0.2) is 0 Å². The van der Waals surface area contributed by atoms with E-state index in [0.717, 1.165) is 27.8 Å². The van der Waals surface area contributed by atoms with E-state index in [9.17, 15) is 5.11 Å². The molecule has 3 rings (SSSR count). The van der Waals surface area contributed by atoms with Crippen LogP contribution in [0.5, 0.6) is 11.6 Å². The monoisotopic (exact) mass is 265 g/mol. The van der Waals surface area contributed by atoms with Crippen molar-refractivity contribution in [1.29, 1.82) is 0 Å². The quantitative estimate of drug-likeness (QED) is 0.782. The minimum atomic E-state index is -0.0345. The highest BCUT2D eigenvalue weighted by Gasteiger charge is 2.06. The Hall–Kier alpha value is -2.39. The van der Waals surface area contributed by atoms with Crippen LogP contribution in [0.15, 0.2) is 54.6 Å². The van der Waals surface area contributed by atoms with E-state index in [1.54, 1.807) is 6.07 Å². The van der Waals surface area contributed by atoms with Gasteiger partial charge in [0.1, 0.15) is 5.75 Å². The molecule has 0 atom stereocenters. The van der Waals surface area contributed by atoms with Gasteiger partial charge in [0, 0.05) is 11.5 Å². The van der Waals surface area contributed by atoms with Crippen LogP contribution in [-0.4, -0.2) is 10.1 Å². The van der Waals surface area contributed by atoms with Crippen molar-refractivity contribution in [3.8, 4) is 11.6 Å². The molecule has 0 radical (unpaired) electrons. The number of rotatable bonds is 3. The number of para-hydroxylation sites is 1. The summed E-state index contributed by atoms with van der Waals surface area (Å²) in [5.74, 6) is 1.25. The zero-order valence-electron chi connectivity index (χ0n) is 11.2. The van der Waals surface area contributed by atoms with Gasteiger partial charge < -0.3 is 9.84 Å². The molecule has 0 saturated heterocycles. The molecule has 1 N–H and O–H groups in total. The molecule has 0 bridgehead atoms. The summed E-state index contributed by atoms with van der Waals surface area (Å²) in [7, 11) is 0. The summed E-state index contributed by atoms with van der Waals surface area (Å²) in [6, 6.07) is 17.3. The Morgan fingerprint density at radius 1 is 1.05 bits per heavy atom. The normalized spacial score (nSPS) is 10.7. The summed E-state index contributed by atoms with van der Waals surface area (Å²) in [6.07, 6.45) is 0. The molecule has 0 unspecified atom stereocenters. The lowest BCUT2D eigenvalue weighted by atomic mass is 10.1. The van der Waals surface area contributed by atoms with Crippen LogP contribution < -0.4 is 4.74 Å². The van der Waals surface area contributed by atoms with Crippen molar-refractivity contribution >= 4 is 10.9 Å². The molecule has 0 amide bonds. The second-order valence-electron chi connectivity index (χ2n) is 4.71. The van der Waals surface area contributed by atoms with Gasteiger partial charge >= 0.3 is 0 Å². The Morgan fingerprint density at radius 2 is 1.90 bits per heavy atom. The third kappa shape index (κ3) is 2.49. The largest absolute Gasteiger partial charge is 0.439 e. The average Bonchev–Trinajstić information content (AvgIpc) is 2.46. The molecular weight excluding hydrogens is 250 g/mol. The maximum Gasteiger partial charge on any atom is 0.220 e. The molecule has 0 spiro atoms. The molecule has 0 aliphatic rings. The second kappa shape index (κ2) is 5.31. The van der Waals surface area contributed by atoms with Crippen molar-refractivity contribution < 1.29 is 9.84 Å². The van der Waals surface area contributed by atoms with E-state index < -0.39 is 0 Å². The standard InChI is InChI=1S/C17H15NO2/c1-12-5-4-6-14(9-12)20-17-10-13(11-19)15-7-2-3-8-16(15)18-17/h2-10,19H,11H2,1H3. The van der Waals surface area contributed by atoms with E-state index in [-0.39, 0.29) is 6.61 Å². The predicted octanol–water partition coefficient (Wildman–Crippen LogP) is 3.83. The zero-order valence-corrected chi connectivity index (χ0v) is 11.2. The number of hydrogen-bond acceptors (Lipinski definition) is 3. The highest BCUT2D eigenvalue weighted by atomic mass is 16.5. The van der Waals surface area contributed by atoms with Crippen LogP contribution in [0.3, 0.4) is 0 Å². The van der Waals surface area contributed by atoms with Crippen molar-refractivity contribution in [2.75, 3.05) is 0 Å². The number of pyridine rings is 1. The number of aryl methyl sites for hydroxylation is 1. The summed E-state index contributed by atoms with van der Waals surface area (Å²) < 4.78 is 5.79. The molecular formula is C17H15NO2. The first-order chi connectivity index (χ1) is 9.76. The summed E-state index contributed by atoms with van der Waals surface area (Å²) in [6.45, 7) is 1.98. The highest BCUT2D eigenvalue weighted by Crippen LogP contribution is 2.26. The SMILES string of the molecule is Cc1cccc(Oc2cc(CO)c3ccccc3n2)c1. The molecule has 100 valence electrons. The zero-order chi connectivity index (χ0) is 13.9. The maximum atomic E-state index is 9.49. The second-order valence-corrected chi connectivity index (χ2v) is 4.71. The maximum absolute atomic E-state index is 9.49. The van der Waals surface area contributed by atoms with E-state index in [0.29, 0.717) is 5.88 Å². The summed E-state index contributed by atoms with van der Waals surface area (Å²) in [5, 5.41) is 10.4. The Bertz CT molecular complexity index is 753. The smallest absolute Gasteiger partial charge is 0.220 e. The van der Waals surface area contributed by atoms with Crippen molar-refractivity contribution in [3.05, 3.63) is 65.7 Å². The molecule has 3 aromatic rings. The van der Waals surface area contributed by atoms with Crippen molar-refractivity contribution in [1.82, 2.24) is 4.98 Å². The minimum Gasteiger partial charge on any atom is -0.439 e. The van der Waals surface area contributed by atoms with Gasteiger partial charge in [-0.3, -0.25) is 0 Å². The number of aliphatic hydroxyl groups excluding tert-OH is 1. The fourth-order valence-corrected chi connectivity index (χ4v) is 2.20. The summed E-state index contributed by atoms with van der Waals surface area (Å²) in [4.78, 5) is 4.48. The van der Waals surface area contributed by atoms with Gasteiger partial charge in [0.05, 0.1) is 12.1 Å². The molecule has 20 heavy (non-hydrogen) atoms. The van der Waals surface area contributed by atoms with Gasteiger partial charge in [0.25, 0.3) is 0 Å². The fourth-order valence-electron chi connectivity index (χ4n) is 2.20. The van der Waals surface area contributed by atoms with Gasteiger partial charge in [0.2, 0.25) is 5.88 Å². The lowest BCUT2D eigenvalue weighted by Crippen LogP contribution is -1.94. The van der Waals surface area contributed by atoms with E-state index in [1.165, 1.54) is 0 Å². The molecule has 1 heterocycles. The summed E-state index contributed by atoms with van der Waals surface area (Å²) >= 11 is 0. The molecule has 3 heteroatoms. The first-order valence-electron chi connectivity index (χ1n) is 6.50. The Morgan fingerprint density at radius 3 is 2.70 bits per heavy atom. The van der Waals surface area contributed by atoms with Gasteiger partial charge in [-0.25, -0.2) is 4.98 Å². The van der Waals surface area contributed by atoms with Crippen LogP contribution in [0.4, 0.5) is 0 Å². The summed E-state index contributed by atoms with van der Waals surface area (Å²) in [5.41, 5.74) is 2.77. The van der Waals surface area contributed by atoms with Gasteiger partial charge in [-0.1, -0.05) is 30.3 Å². The van der Waals surface area contributed by atoms with E-state index in [2.05, 4.69) is 4.98 Å². The molecule has 2 aromatic carbocycles. The minimum absolute atomic E-state index is 0.0345. The molecule has 0 saturated carbocycles. The third-order valence-electron chi connectivity index (χ3n) is 3.16. The first kappa shape index (κ1) is 12.6. The van der Waals surface area contributed by atoms with Crippen molar-refractivity contribution in [3.63, 3.8) is 0 Å². The van der Waals surface area contributed by atoms with Crippen LogP contribution in [-0.2, 0) is 6.61 Å². The Labute approximate surface area is 117 Å². The Balaban J connectivity index is 2.03. The van der Waals surface area contributed by atoms with Crippen LogP contribution >= 0.6 is 0 Å². The number of nitrogens with zero attached hydrogens (tertiary/aromatic N) is 1. The molecule has 0 aliphatic carbocycles. The molecule has 1 aromatic heterocycles. The van der Waals surface area contributed by atoms with E-state index in [1.807, 2.05) is 55.5 Å².